The number of hydrogen-bond acceptors (Lipinski definition) is 4. The fraction of sp³-hybridized carbons (Fsp3) is 0.600. The van der Waals surface area contributed by atoms with Crippen molar-refractivity contribution >= 4 is 15.9 Å². The van der Waals surface area contributed by atoms with Crippen LogP contribution in [0.2, 0.25) is 0 Å². The summed E-state index contributed by atoms with van der Waals surface area (Å²) in [5.74, 6) is 1.42. The Morgan fingerprint density at radius 3 is 2.50 bits per heavy atom. The Bertz CT molecular complexity index is 447. The van der Waals surface area contributed by atoms with Crippen molar-refractivity contribution in [2.75, 3.05) is 13.7 Å². The first-order chi connectivity index (χ1) is 9.29. The van der Waals surface area contributed by atoms with Gasteiger partial charge >= 0.3 is 0 Å². The minimum absolute atomic E-state index is 0.0810. The van der Waals surface area contributed by atoms with Crippen LogP contribution in [0.3, 0.4) is 0 Å². The summed E-state index contributed by atoms with van der Waals surface area (Å²) in [5, 5.41) is 12.6. The Hall–Kier alpha value is -0.780. The molecule has 0 aliphatic carbocycles. The molecule has 2 N–H and O–H groups in total. The molecule has 0 radical (unpaired) electrons. The number of nitrogens with one attached hydrogen (secondary N) is 1. The molecule has 0 spiro atoms. The zero-order valence-electron chi connectivity index (χ0n) is 12.8. The average Bonchev–Trinajstić information content (AvgIpc) is 2.38. The van der Waals surface area contributed by atoms with Crippen LogP contribution in [0.4, 0.5) is 0 Å². The van der Waals surface area contributed by atoms with Gasteiger partial charge in [0.1, 0.15) is 0 Å². The Morgan fingerprint density at radius 1 is 1.35 bits per heavy atom. The SMILES string of the molecule is COc1cc(CNC(C)(C)CO)cc(Br)c1OC(C)C. The van der Waals surface area contributed by atoms with Gasteiger partial charge in [0.05, 0.1) is 24.3 Å². The molecule has 0 amide bonds. The number of methoxy groups -OCH3 is 1. The summed E-state index contributed by atoms with van der Waals surface area (Å²) in [6.45, 7) is 8.59. The van der Waals surface area contributed by atoms with Crippen LogP contribution in [0.1, 0.15) is 33.3 Å². The molecule has 0 unspecified atom stereocenters. The van der Waals surface area contributed by atoms with Crippen LogP contribution in [-0.2, 0) is 6.54 Å². The van der Waals surface area contributed by atoms with Crippen molar-refractivity contribution in [2.24, 2.45) is 0 Å². The lowest BCUT2D eigenvalue weighted by atomic mass is 10.1. The second kappa shape index (κ2) is 7.29. The lowest BCUT2D eigenvalue weighted by molar-refractivity contribution is 0.187. The van der Waals surface area contributed by atoms with Gasteiger partial charge in [0.15, 0.2) is 11.5 Å². The standard InChI is InChI=1S/C15H24BrNO3/c1-10(2)20-14-12(16)6-11(7-13(14)19-5)8-17-15(3,4)9-18/h6-7,10,17-18H,8-9H2,1-5H3. The summed E-state index contributed by atoms with van der Waals surface area (Å²) < 4.78 is 12.0. The highest BCUT2D eigenvalue weighted by Crippen LogP contribution is 2.37. The van der Waals surface area contributed by atoms with E-state index in [1.807, 2.05) is 39.8 Å². The normalized spacial score (nSPS) is 11.8. The van der Waals surface area contributed by atoms with Crippen LogP contribution in [0.5, 0.6) is 11.5 Å². The zero-order chi connectivity index (χ0) is 15.3. The largest absolute Gasteiger partial charge is 0.493 e. The molecule has 0 aliphatic rings. The molecule has 1 rings (SSSR count). The molecule has 4 nitrogen and oxygen atoms in total. The van der Waals surface area contributed by atoms with Crippen LogP contribution in [0.15, 0.2) is 16.6 Å². The molecular weight excluding hydrogens is 322 g/mol. The Balaban J connectivity index is 2.93. The van der Waals surface area contributed by atoms with Crippen molar-refractivity contribution in [3.8, 4) is 11.5 Å². The maximum atomic E-state index is 9.25. The monoisotopic (exact) mass is 345 g/mol. The lowest BCUT2D eigenvalue weighted by Crippen LogP contribution is -2.42. The second-order valence-corrected chi connectivity index (χ2v) is 6.53. The third-order valence-corrected chi connectivity index (χ3v) is 3.40. The summed E-state index contributed by atoms with van der Waals surface area (Å²) in [6, 6.07) is 3.95. The molecule has 0 aromatic heterocycles. The molecule has 20 heavy (non-hydrogen) atoms. The number of hydrogen-bond donors (Lipinski definition) is 2. The van der Waals surface area contributed by atoms with Gasteiger partial charge in [0, 0.05) is 12.1 Å². The van der Waals surface area contributed by atoms with E-state index < -0.39 is 0 Å². The van der Waals surface area contributed by atoms with Crippen LogP contribution in [0.25, 0.3) is 0 Å². The molecular formula is C15H24BrNO3. The first kappa shape index (κ1) is 17.3. The molecule has 1 aromatic carbocycles. The lowest BCUT2D eigenvalue weighted by Gasteiger charge is -2.24. The van der Waals surface area contributed by atoms with Crippen LogP contribution >= 0.6 is 15.9 Å². The zero-order valence-corrected chi connectivity index (χ0v) is 14.4. The van der Waals surface area contributed by atoms with E-state index >= 15 is 0 Å². The molecule has 0 aliphatic heterocycles. The summed E-state index contributed by atoms with van der Waals surface area (Å²) >= 11 is 3.52. The third kappa shape index (κ3) is 4.96. The predicted molar refractivity (Wildman–Crippen MR) is 84.5 cm³/mol. The molecule has 1 aromatic rings. The molecule has 0 heterocycles. The summed E-state index contributed by atoms with van der Waals surface area (Å²) in [4.78, 5) is 0. The maximum absolute atomic E-state index is 9.25. The first-order valence-corrected chi connectivity index (χ1v) is 7.47. The van der Waals surface area contributed by atoms with Crippen molar-refractivity contribution in [1.82, 2.24) is 5.32 Å². The van der Waals surface area contributed by atoms with Gasteiger partial charge in [-0.15, -0.1) is 0 Å². The molecule has 114 valence electrons. The highest BCUT2D eigenvalue weighted by molar-refractivity contribution is 9.10. The minimum Gasteiger partial charge on any atom is -0.493 e. The Labute approximate surface area is 129 Å². The maximum Gasteiger partial charge on any atom is 0.175 e. The summed E-state index contributed by atoms with van der Waals surface area (Å²) in [6.07, 6.45) is 0.0810. The first-order valence-electron chi connectivity index (χ1n) is 6.68. The smallest absolute Gasteiger partial charge is 0.175 e. The summed E-state index contributed by atoms with van der Waals surface area (Å²) in [7, 11) is 1.63. The number of rotatable bonds is 7. The van der Waals surface area contributed by atoms with E-state index in [-0.39, 0.29) is 18.2 Å². The van der Waals surface area contributed by atoms with E-state index in [0.717, 1.165) is 10.0 Å². The van der Waals surface area contributed by atoms with Crippen molar-refractivity contribution in [1.29, 1.82) is 0 Å². The van der Waals surface area contributed by atoms with Gasteiger partial charge in [-0.3, -0.25) is 0 Å². The average molecular weight is 346 g/mol. The van der Waals surface area contributed by atoms with E-state index in [0.29, 0.717) is 18.0 Å². The molecule has 5 heteroatoms. The van der Waals surface area contributed by atoms with Crippen LogP contribution < -0.4 is 14.8 Å². The van der Waals surface area contributed by atoms with Gasteiger partial charge in [0.2, 0.25) is 0 Å². The quantitative estimate of drug-likeness (QED) is 0.797. The second-order valence-electron chi connectivity index (χ2n) is 5.67. The predicted octanol–water partition coefficient (Wildman–Crippen LogP) is 3.11. The van der Waals surface area contributed by atoms with E-state index in [9.17, 15) is 5.11 Å². The number of ether oxygens (including phenoxy) is 2. The van der Waals surface area contributed by atoms with Gasteiger partial charge in [0.25, 0.3) is 0 Å². The molecule has 0 saturated heterocycles. The van der Waals surface area contributed by atoms with Crippen molar-refractivity contribution in [2.45, 2.75) is 45.9 Å². The van der Waals surface area contributed by atoms with E-state index in [1.165, 1.54) is 0 Å². The topological polar surface area (TPSA) is 50.7 Å². The van der Waals surface area contributed by atoms with Crippen molar-refractivity contribution < 1.29 is 14.6 Å². The van der Waals surface area contributed by atoms with E-state index in [2.05, 4.69) is 21.2 Å². The Kier molecular flexibility index (Phi) is 6.30. The minimum atomic E-state index is -0.313. The molecule has 0 fully saturated rings. The third-order valence-electron chi connectivity index (χ3n) is 2.81. The van der Waals surface area contributed by atoms with Gasteiger partial charge in [-0.2, -0.15) is 0 Å². The van der Waals surface area contributed by atoms with Crippen LogP contribution in [-0.4, -0.2) is 30.5 Å². The summed E-state index contributed by atoms with van der Waals surface area (Å²) in [5.41, 5.74) is 0.749. The highest BCUT2D eigenvalue weighted by Gasteiger charge is 2.17. The fourth-order valence-corrected chi connectivity index (χ4v) is 2.21. The molecule has 0 bridgehead atoms. The van der Waals surface area contributed by atoms with Gasteiger partial charge in [-0.05, 0) is 61.3 Å². The van der Waals surface area contributed by atoms with Gasteiger partial charge in [-0.1, -0.05) is 0 Å². The number of halogens is 1. The fourth-order valence-electron chi connectivity index (χ4n) is 1.62. The Morgan fingerprint density at radius 2 is 2.00 bits per heavy atom. The molecule has 0 saturated carbocycles. The number of benzene rings is 1. The highest BCUT2D eigenvalue weighted by atomic mass is 79.9. The molecule has 0 atom stereocenters. The number of aliphatic hydroxyl groups excluding tert-OH is 1. The van der Waals surface area contributed by atoms with E-state index in [4.69, 9.17) is 9.47 Å². The van der Waals surface area contributed by atoms with Crippen molar-refractivity contribution in [3.05, 3.63) is 22.2 Å². The van der Waals surface area contributed by atoms with Crippen molar-refractivity contribution in [3.63, 3.8) is 0 Å². The number of aliphatic hydroxyl groups is 1. The van der Waals surface area contributed by atoms with Crippen LogP contribution in [0, 0.1) is 0 Å². The van der Waals surface area contributed by atoms with Gasteiger partial charge in [-0.25, -0.2) is 0 Å². The van der Waals surface area contributed by atoms with E-state index in [1.54, 1.807) is 7.11 Å². The van der Waals surface area contributed by atoms with Gasteiger partial charge < -0.3 is 19.9 Å².